The van der Waals surface area contributed by atoms with Gasteiger partial charge in [0.15, 0.2) is 0 Å². The van der Waals surface area contributed by atoms with Crippen LogP contribution < -0.4 is 14.8 Å². The van der Waals surface area contributed by atoms with E-state index in [1.165, 1.54) is 7.11 Å². The van der Waals surface area contributed by atoms with Gasteiger partial charge in [0.25, 0.3) is 0 Å². The first-order valence-electron chi connectivity index (χ1n) is 6.12. The fourth-order valence-corrected chi connectivity index (χ4v) is 1.75. The summed E-state index contributed by atoms with van der Waals surface area (Å²) in [6.07, 6.45) is 0. The Morgan fingerprint density at radius 3 is 2.85 bits per heavy atom. The van der Waals surface area contributed by atoms with E-state index in [-0.39, 0.29) is 11.3 Å². The molecule has 0 radical (unpaired) electrons. The summed E-state index contributed by atoms with van der Waals surface area (Å²) in [5, 5.41) is 3.15. The highest BCUT2D eigenvalue weighted by Gasteiger charge is 2.05. The van der Waals surface area contributed by atoms with E-state index in [1.54, 1.807) is 0 Å². The largest absolute Gasteiger partial charge is 0.494 e. The van der Waals surface area contributed by atoms with Crippen LogP contribution in [0.5, 0.6) is 11.8 Å². The number of benzene rings is 1. The van der Waals surface area contributed by atoms with Crippen molar-refractivity contribution in [1.82, 2.24) is 15.0 Å². The van der Waals surface area contributed by atoms with Crippen molar-refractivity contribution in [3.63, 3.8) is 0 Å². The zero-order valence-electron chi connectivity index (χ0n) is 11.3. The van der Waals surface area contributed by atoms with E-state index < -0.39 is 0 Å². The summed E-state index contributed by atoms with van der Waals surface area (Å²) in [5.41, 5.74) is 1.05. The van der Waals surface area contributed by atoms with Gasteiger partial charge in [-0.25, -0.2) is 0 Å². The van der Waals surface area contributed by atoms with Crippen LogP contribution in [-0.4, -0.2) is 28.7 Å². The van der Waals surface area contributed by atoms with Crippen LogP contribution in [0.1, 0.15) is 12.5 Å². The summed E-state index contributed by atoms with van der Waals surface area (Å²) in [5.74, 6) is 1.20. The molecule has 0 amide bonds. The first kappa shape index (κ1) is 14.3. The number of aromatic nitrogens is 3. The first-order chi connectivity index (χ1) is 9.71. The zero-order chi connectivity index (χ0) is 14.4. The molecule has 0 spiro atoms. The van der Waals surface area contributed by atoms with E-state index in [0.29, 0.717) is 19.1 Å². The molecule has 1 aromatic carbocycles. The highest BCUT2D eigenvalue weighted by Crippen LogP contribution is 2.15. The van der Waals surface area contributed by atoms with Crippen molar-refractivity contribution in [2.45, 2.75) is 13.5 Å². The van der Waals surface area contributed by atoms with Gasteiger partial charge in [-0.1, -0.05) is 12.1 Å². The lowest BCUT2D eigenvalue weighted by Crippen LogP contribution is -2.06. The minimum Gasteiger partial charge on any atom is -0.494 e. The van der Waals surface area contributed by atoms with E-state index in [2.05, 4.69) is 20.3 Å². The van der Waals surface area contributed by atoms with Crippen molar-refractivity contribution in [3.8, 4) is 11.8 Å². The molecule has 0 fully saturated rings. The van der Waals surface area contributed by atoms with Gasteiger partial charge in [-0.15, -0.1) is 0 Å². The third-order valence-electron chi connectivity index (χ3n) is 2.43. The number of ether oxygens (including phenoxy) is 2. The second-order valence-electron chi connectivity index (χ2n) is 3.85. The van der Waals surface area contributed by atoms with Crippen LogP contribution >= 0.6 is 11.6 Å². The predicted molar refractivity (Wildman–Crippen MR) is 76.3 cm³/mol. The predicted octanol–water partition coefficient (Wildman–Crippen LogP) is 2.54. The summed E-state index contributed by atoms with van der Waals surface area (Å²) in [4.78, 5) is 11.8. The van der Waals surface area contributed by atoms with Crippen molar-refractivity contribution in [1.29, 1.82) is 0 Å². The van der Waals surface area contributed by atoms with Crippen molar-refractivity contribution in [2.24, 2.45) is 0 Å². The van der Waals surface area contributed by atoms with Crippen LogP contribution in [0.15, 0.2) is 24.3 Å². The molecule has 0 bridgehead atoms. The number of hydrogen-bond donors (Lipinski definition) is 1. The fourth-order valence-electron chi connectivity index (χ4n) is 1.60. The molecule has 0 aliphatic heterocycles. The standard InChI is InChI=1S/C13H15ClN4O2/c1-3-20-10-6-4-5-9(7-10)8-15-12-16-11(14)17-13(18-12)19-2/h4-7H,3,8H2,1-2H3,(H,15,16,17,18). The van der Waals surface area contributed by atoms with E-state index in [4.69, 9.17) is 21.1 Å². The zero-order valence-corrected chi connectivity index (χ0v) is 12.0. The van der Waals surface area contributed by atoms with Crippen LogP contribution in [0.25, 0.3) is 0 Å². The Bertz CT molecular complexity index is 580. The Kier molecular flexibility index (Phi) is 4.95. The quantitative estimate of drug-likeness (QED) is 0.883. The minimum atomic E-state index is 0.0856. The maximum atomic E-state index is 5.77. The van der Waals surface area contributed by atoms with Gasteiger partial charge in [-0.2, -0.15) is 15.0 Å². The third kappa shape index (κ3) is 3.96. The number of halogens is 1. The second kappa shape index (κ2) is 6.91. The minimum absolute atomic E-state index is 0.0856. The van der Waals surface area contributed by atoms with Crippen molar-refractivity contribution in [2.75, 3.05) is 19.0 Å². The molecule has 2 rings (SSSR count). The normalized spacial score (nSPS) is 10.2. The lowest BCUT2D eigenvalue weighted by molar-refractivity contribution is 0.340. The van der Waals surface area contributed by atoms with Crippen molar-refractivity contribution in [3.05, 3.63) is 35.1 Å². The Balaban J connectivity index is 2.04. The number of rotatable bonds is 6. The van der Waals surface area contributed by atoms with Crippen LogP contribution in [0.4, 0.5) is 5.95 Å². The lowest BCUT2D eigenvalue weighted by atomic mass is 10.2. The molecule has 1 heterocycles. The smallest absolute Gasteiger partial charge is 0.322 e. The number of nitrogens with zero attached hydrogens (tertiary/aromatic N) is 3. The molecule has 1 aromatic heterocycles. The molecule has 0 unspecified atom stereocenters. The molecule has 6 nitrogen and oxygen atoms in total. The number of hydrogen-bond acceptors (Lipinski definition) is 6. The molecule has 0 atom stereocenters. The average Bonchev–Trinajstić information content (AvgIpc) is 2.45. The lowest BCUT2D eigenvalue weighted by Gasteiger charge is -2.08. The summed E-state index contributed by atoms with van der Waals surface area (Å²) in [6.45, 7) is 3.13. The molecular weight excluding hydrogens is 280 g/mol. The molecular formula is C13H15ClN4O2. The van der Waals surface area contributed by atoms with E-state index in [1.807, 2.05) is 31.2 Å². The molecule has 20 heavy (non-hydrogen) atoms. The van der Waals surface area contributed by atoms with Gasteiger partial charge in [0.1, 0.15) is 5.75 Å². The van der Waals surface area contributed by atoms with E-state index >= 15 is 0 Å². The Labute approximate surface area is 122 Å². The Morgan fingerprint density at radius 2 is 2.10 bits per heavy atom. The number of nitrogens with one attached hydrogen (secondary N) is 1. The van der Waals surface area contributed by atoms with Gasteiger partial charge < -0.3 is 14.8 Å². The summed E-state index contributed by atoms with van der Waals surface area (Å²) < 4.78 is 10.4. The van der Waals surface area contributed by atoms with Crippen molar-refractivity contribution < 1.29 is 9.47 Å². The molecule has 1 N–H and O–H groups in total. The highest BCUT2D eigenvalue weighted by atomic mass is 35.5. The molecule has 0 saturated heterocycles. The Hall–Kier alpha value is -2.08. The van der Waals surface area contributed by atoms with Gasteiger partial charge in [-0.3, -0.25) is 0 Å². The monoisotopic (exact) mass is 294 g/mol. The topological polar surface area (TPSA) is 69.2 Å². The molecule has 2 aromatic rings. The molecule has 0 saturated carbocycles. The third-order valence-corrected chi connectivity index (χ3v) is 2.60. The van der Waals surface area contributed by atoms with Gasteiger partial charge in [0.2, 0.25) is 11.2 Å². The van der Waals surface area contributed by atoms with Gasteiger partial charge >= 0.3 is 6.01 Å². The second-order valence-corrected chi connectivity index (χ2v) is 4.19. The fraction of sp³-hybridized carbons (Fsp3) is 0.308. The highest BCUT2D eigenvalue weighted by molar-refractivity contribution is 6.28. The molecule has 0 aliphatic rings. The first-order valence-corrected chi connectivity index (χ1v) is 6.50. The maximum absolute atomic E-state index is 5.77. The number of anilines is 1. The Morgan fingerprint density at radius 1 is 1.25 bits per heavy atom. The SMILES string of the molecule is CCOc1cccc(CNc2nc(Cl)nc(OC)n2)c1. The van der Waals surface area contributed by atoms with E-state index in [0.717, 1.165) is 11.3 Å². The van der Waals surface area contributed by atoms with Crippen LogP contribution in [0.2, 0.25) is 5.28 Å². The van der Waals surface area contributed by atoms with Crippen molar-refractivity contribution >= 4 is 17.5 Å². The molecule has 106 valence electrons. The van der Waals surface area contributed by atoms with Crippen LogP contribution in [-0.2, 0) is 6.54 Å². The van der Waals surface area contributed by atoms with Crippen LogP contribution in [0.3, 0.4) is 0 Å². The summed E-state index contributed by atoms with van der Waals surface area (Å²) in [7, 11) is 1.47. The molecule has 0 aliphatic carbocycles. The maximum Gasteiger partial charge on any atom is 0.322 e. The summed E-state index contributed by atoms with van der Waals surface area (Å²) >= 11 is 5.77. The van der Waals surface area contributed by atoms with Gasteiger partial charge in [-0.05, 0) is 36.2 Å². The van der Waals surface area contributed by atoms with Gasteiger partial charge in [0.05, 0.1) is 13.7 Å². The molecule has 7 heteroatoms. The number of methoxy groups -OCH3 is 1. The van der Waals surface area contributed by atoms with Crippen LogP contribution in [0, 0.1) is 0 Å². The summed E-state index contributed by atoms with van der Waals surface area (Å²) in [6, 6.07) is 7.96. The van der Waals surface area contributed by atoms with E-state index in [9.17, 15) is 0 Å². The average molecular weight is 295 g/mol. The van der Waals surface area contributed by atoms with Gasteiger partial charge in [0, 0.05) is 6.54 Å².